The van der Waals surface area contributed by atoms with Crippen LogP contribution in [0.5, 0.6) is 0 Å². The van der Waals surface area contributed by atoms with Crippen LogP contribution in [0.3, 0.4) is 0 Å². The second-order valence-corrected chi connectivity index (χ2v) is 7.76. The first kappa shape index (κ1) is 15.4. The van der Waals surface area contributed by atoms with Crippen LogP contribution < -0.4 is 5.32 Å². The number of allylic oxidation sites excluding steroid dienone is 2. The van der Waals surface area contributed by atoms with Gasteiger partial charge < -0.3 is 10.4 Å². The maximum Gasteiger partial charge on any atom is 0.307 e. The largest absolute Gasteiger partial charge is 0.481 e. The Morgan fingerprint density at radius 1 is 1.00 bits per heavy atom. The number of hydrogen-bond acceptors (Lipinski definition) is 2. The smallest absolute Gasteiger partial charge is 0.307 e. The lowest BCUT2D eigenvalue weighted by Gasteiger charge is -2.41. The number of carboxylic acids is 1. The van der Waals surface area contributed by atoms with Gasteiger partial charge in [0.05, 0.1) is 11.8 Å². The molecular weight excluding hydrogens is 302 g/mol. The van der Waals surface area contributed by atoms with Crippen molar-refractivity contribution in [1.29, 1.82) is 0 Å². The molecule has 1 aromatic rings. The number of carbonyl (C=O) groups is 2. The topological polar surface area (TPSA) is 66.4 Å². The molecule has 1 amide bonds. The summed E-state index contributed by atoms with van der Waals surface area (Å²) in [6.45, 7) is 5.99. The van der Waals surface area contributed by atoms with Crippen LogP contribution in [0.1, 0.15) is 23.1 Å². The standard InChI is InChI=1S/C20H23NO3/c1-9-6-10(2)18(11(3)7-9)21-19(22)16-12-4-5-13(15-8-14(12)15)17(16)20(23)24/h4-7,12-17H,8H2,1-3H3,(H,21,22)(H,23,24)/t12-,13-,14-,15-,16+,17+/m0/s1. The van der Waals surface area contributed by atoms with Crippen molar-refractivity contribution in [1.82, 2.24) is 0 Å². The predicted octanol–water partition coefficient (Wildman–Crippen LogP) is 3.32. The molecule has 4 nitrogen and oxygen atoms in total. The minimum atomic E-state index is -0.836. The highest BCUT2D eigenvalue weighted by molar-refractivity contribution is 5.97. The number of fused-ring (bicyclic) bond motifs is 1. The molecule has 5 rings (SSSR count). The van der Waals surface area contributed by atoms with Gasteiger partial charge in [0.1, 0.15) is 0 Å². The second-order valence-electron chi connectivity index (χ2n) is 7.76. The summed E-state index contributed by atoms with van der Waals surface area (Å²) in [5.41, 5.74) is 4.03. The molecule has 0 radical (unpaired) electrons. The van der Waals surface area contributed by atoms with Gasteiger partial charge in [0.2, 0.25) is 5.91 Å². The van der Waals surface area contributed by atoms with E-state index in [1.165, 1.54) is 0 Å². The number of hydrogen-bond donors (Lipinski definition) is 2. The third kappa shape index (κ3) is 2.20. The summed E-state index contributed by atoms with van der Waals surface area (Å²) in [6.07, 6.45) is 5.21. The van der Waals surface area contributed by atoms with E-state index in [-0.39, 0.29) is 17.7 Å². The minimum absolute atomic E-state index is 0.0217. The quantitative estimate of drug-likeness (QED) is 0.838. The van der Waals surface area contributed by atoms with Gasteiger partial charge in [-0.3, -0.25) is 9.59 Å². The van der Waals surface area contributed by atoms with Gasteiger partial charge in [-0.1, -0.05) is 29.8 Å². The molecule has 2 bridgehead atoms. The summed E-state index contributed by atoms with van der Waals surface area (Å²) in [5, 5.41) is 12.8. The fraction of sp³-hybridized carbons (Fsp3) is 0.500. The van der Waals surface area contributed by atoms with Gasteiger partial charge in [-0.15, -0.1) is 0 Å². The number of rotatable bonds is 3. The van der Waals surface area contributed by atoms with Gasteiger partial charge in [-0.2, -0.15) is 0 Å². The van der Waals surface area contributed by atoms with Crippen molar-refractivity contribution in [2.45, 2.75) is 27.2 Å². The highest BCUT2D eigenvalue weighted by Gasteiger charge is 2.63. The zero-order valence-electron chi connectivity index (χ0n) is 14.2. The second kappa shape index (κ2) is 5.20. The Morgan fingerprint density at radius 3 is 2.08 bits per heavy atom. The van der Waals surface area contributed by atoms with E-state index < -0.39 is 17.8 Å². The Bertz CT molecular complexity index is 743. The molecule has 2 N–H and O–H groups in total. The molecule has 0 saturated heterocycles. The van der Waals surface area contributed by atoms with Gasteiger partial charge in [-0.05, 0) is 62.0 Å². The average Bonchev–Trinajstić information content (AvgIpc) is 3.31. The van der Waals surface area contributed by atoms with Gasteiger partial charge in [0, 0.05) is 5.69 Å². The number of nitrogens with one attached hydrogen (secondary N) is 1. The maximum absolute atomic E-state index is 13.0. The lowest BCUT2D eigenvalue weighted by atomic mass is 9.62. The monoisotopic (exact) mass is 325 g/mol. The number of anilines is 1. The van der Waals surface area contributed by atoms with E-state index >= 15 is 0 Å². The summed E-state index contributed by atoms with van der Waals surface area (Å²) < 4.78 is 0. The zero-order chi connectivity index (χ0) is 17.2. The molecule has 4 heteroatoms. The number of carboxylic acid groups (broad SMARTS) is 1. The van der Waals surface area contributed by atoms with E-state index in [0.29, 0.717) is 11.8 Å². The molecule has 4 aliphatic carbocycles. The molecular formula is C20H23NO3. The zero-order valence-corrected chi connectivity index (χ0v) is 14.2. The average molecular weight is 325 g/mol. The Morgan fingerprint density at radius 2 is 1.54 bits per heavy atom. The third-order valence-electron chi connectivity index (χ3n) is 6.16. The van der Waals surface area contributed by atoms with Gasteiger partial charge >= 0.3 is 5.97 Å². The lowest BCUT2D eigenvalue weighted by Crippen LogP contribution is -2.48. The number of aryl methyl sites for hydroxylation is 3. The fourth-order valence-electron chi connectivity index (χ4n) is 5.15. The van der Waals surface area contributed by atoms with Crippen molar-refractivity contribution in [3.05, 3.63) is 41.0 Å². The van der Waals surface area contributed by atoms with Crippen molar-refractivity contribution in [3.63, 3.8) is 0 Å². The van der Waals surface area contributed by atoms with E-state index in [1.807, 2.05) is 39.0 Å². The van der Waals surface area contributed by atoms with Crippen LogP contribution in [0, 0.1) is 56.3 Å². The molecule has 2 saturated carbocycles. The Hall–Kier alpha value is -2.10. The molecule has 2 fully saturated rings. The molecule has 1 aromatic carbocycles. The van der Waals surface area contributed by atoms with E-state index in [1.54, 1.807) is 0 Å². The fourth-order valence-corrected chi connectivity index (χ4v) is 5.15. The van der Waals surface area contributed by atoms with Crippen LogP contribution in [0.2, 0.25) is 0 Å². The van der Waals surface area contributed by atoms with Crippen molar-refractivity contribution in [2.75, 3.05) is 5.32 Å². The summed E-state index contributed by atoms with van der Waals surface area (Å²) in [6, 6.07) is 4.09. The molecule has 126 valence electrons. The number of amides is 1. The molecule has 0 aromatic heterocycles. The molecule has 4 aliphatic rings. The molecule has 0 unspecified atom stereocenters. The molecule has 0 spiro atoms. The molecule has 6 atom stereocenters. The Balaban J connectivity index is 1.65. The van der Waals surface area contributed by atoms with Crippen LogP contribution in [0.4, 0.5) is 5.69 Å². The van der Waals surface area contributed by atoms with Crippen LogP contribution >= 0.6 is 0 Å². The number of carbonyl (C=O) groups excluding carboxylic acids is 1. The summed E-state index contributed by atoms with van der Waals surface area (Å²) >= 11 is 0. The summed E-state index contributed by atoms with van der Waals surface area (Å²) in [7, 11) is 0. The molecule has 0 aliphatic heterocycles. The van der Waals surface area contributed by atoms with E-state index in [2.05, 4.69) is 11.4 Å². The van der Waals surface area contributed by atoms with Crippen molar-refractivity contribution < 1.29 is 14.7 Å². The van der Waals surface area contributed by atoms with Crippen LogP contribution in [-0.2, 0) is 9.59 Å². The Kier molecular flexibility index (Phi) is 3.34. The lowest BCUT2D eigenvalue weighted by molar-refractivity contribution is -0.152. The normalized spacial score (nSPS) is 35.5. The molecule has 0 heterocycles. The van der Waals surface area contributed by atoms with E-state index in [0.717, 1.165) is 28.8 Å². The highest BCUT2D eigenvalue weighted by Crippen LogP contribution is 2.63. The van der Waals surface area contributed by atoms with Crippen LogP contribution in [-0.4, -0.2) is 17.0 Å². The van der Waals surface area contributed by atoms with Crippen molar-refractivity contribution in [2.24, 2.45) is 35.5 Å². The first-order valence-electron chi connectivity index (χ1n) is 8.68. The number of benzene rings is 1. The van der Waals surface area contributed by atoms with Crippen LogP contribution in [0.25, 0.3) is 0 Å². The first-order valence-corrected chi connectivity index (χ1v) is 8.68. The summed E-state index contributed by atoms with van der Waals surface area (Å²) in [4.78, 5) is 24.9. The number of aliphatic carboxylic acids is 1. The predicted molar refractivity (Wildman–Crippen MR) is 91.6 cm³/mol. The summed E-state index contributed by atoms with van der Waals surface area (Å²) in [5.74, 6) is -0.935. The third-order valence-corrected chi connectivity index (χ3v) is 6.16. The maximum atomic E-state index is 13.0. The first-order chi connectivity index (χ1) is 11.4. The van der Waals surface area contributed by atoms with Gasteiger partial charge in [-0.25, -0.2) is 0 Å². The van der Waals surface area contributed by atoms with Gasteiger partial charge in [0.15, 0.2) is 0 Å². The van der Waals surface area contributed by atoms with Gasteiger partial charge in [0.25, 0.3) is 0 Å². The van der Waals surface area contributed by atoms with Crippen LogP contribution in [0.15, 0.2) is 24.3 Å². The highest BCUT2D eigenvalue weighted by atomic mass is 16.4. The van der Waals surface area contributed by atoms with E-state index in [4.69, 9.17) is 0 Å². The molecule has 24 heavy (non-hydrogen) atoms. The minimum Gasteiger partial charge on any atom is -0.481 e. The Labute approximate surface area is 142 Å². The van der Waals surface area contributed by atoms with E-state index in [9.17, 15) is 14.7 Å². The van der Waals surface area contributed by atoms with Crippen molar-refractivity contribution >= 4 is 17.6 Å². The SMILES string of the molecule is Cc1cc(C)c(NC(=O)[C@@H]2[C@H]3C=C[C@@H]([C@@H]4C[C@@H]34)[C@H]2C(=O)O)c(C)c1. The van der Waals surface area contributed by atoms with Crippen molar-refractivity contribution in [3.8, 4) is 0 Å².